The summed E-state index contributed by atoms with van der Waals surface area (Å²) in [4.78, 5) is 3.34. The SMILES string of the molecule is Fc1cccc2c1N[C@H](c1c[nH]c3ccc(Br)cc13)[C@@H]1CCO[C@H]21. The number of fused-ring (bicyclic) bond motifs is 4. The number of hydrogen-bond donors (Lipinski definition) is 2. The Balaban J connectivity index is 1.68. The van der Waals surface area contributed by atoms with Crippen LogP contribution in [0, 0.1) is 11.7 Å². The lowest BCUT2D eigenvalue weighted by Crippen LogP contribution is -2.29. The first-order valence-corrected chi connectivity index (χ1v) is 8.95. The van der Waals surface area contributed by atoms with Crippen LogP contribution in [0.15, 0.2) is 47.1 Å². The molecule has 0 spiro atoms. The molecule has 3 atom stereocenters. The van der Waals surface area contributed by atoms with E-state index in [-0.39, 0.29) is 18.0 Å². The van der Waals surface area contributed by atoms with Gasteiger partial charge in [0.05, 0.1) is 17.8 Å². The van der Waals surface area contributed by atoms with Crippen molar-refractivity contribution < 1.29 is 9.13 Å². The fraction of sp³-hybridized carbons (Fsp3) is 0.263. The van der Waals surface area contributed by atoms with Crippen LogP contribution in [0.4, 0.5) is 10.1 Å². The summed E-state index contributed by atoms with van der Waals surface area (Å²) < 4.78 is 21.4. The van der Waals surface area contributed by atoms with Gasteiger partial charge >= 0.3 is 0 Å². The van der Waals surface area contributed by atoms with Crippen molar-refractivity contribution in [1.29, 1.82) is 0 Å². The number of anilines is 1. The zero-order valence-corrected chi connectivity index (χ0v) is 14.4. The maximum absolute atomic E-state index is 14.4. The van der Waals surface area contributed by atoms with Crippen molar-refractivity contribution in [2.45, 2.75) is 18.6 Å². The van der Waals surface area contributed by atoms with E-state index in [9.17, 15) is 4.39 Å². The molecule has 0 aliphatic carbocycles. The number of rotatable bonds is 1. The van der Waals surface area contributed by atoms with E-state index >= 15 is 0 Å². The predicted octanol–water partition coefficient (Wildman–Crippen LogP) is 5.31. The molecule has 1 saturated heterocycles. The number of ether oxygens (including phenoxy) is 1. The fourth-order valence-electron chi connectivity index (χ4n) is 4.14. The zero-order valence-electron chi connectivity index (χ0n) is 12.9. The second-order valence-electron chi connectivity index (χ2n) is 6.50. The van der Waals surface area contributed by atoms with Gasteiger partial charge in [0.2, 0.25) is 0 Å². The van der Waals surface area contributed by atoms with Crippen LogP contribution < -0.4 is 5.32 Å². The van der Waals surface area contributed by atoms with Crippen LogP contribution in [0.3, 0.4) is 0 Å². The minimum atomic E-state index is -0.215. The van der Waals surface area contributed by atoms with E-state index in [0.717, 1.165) is 34.0 Å². The standard InChI is InChI=1S/C19H16BrFN2O/c20-10-4-5-16-13(8-10)14(9-22-16)17-12-6-7-24-19(12)11-2-1-3-15(21)18(11)23-17/h1-5,8-9,12,17,19,22-23H,6-7H2/t12-,17-,19+/m0/s1. The summed E-state index contributed by atoms with van der Waals surface area (Å²) in [5.41, 5.74) is 3.77. The summed E-state index contributed by atoms with van der Waals surface area (Å²) in [6, 6.07) is 11.5. The summed E-state index contributed by atoms with van der Waals surface area (Å²) in [6.45, 7) is 0.718. The molecule has 24 heavy (non-hydrogen) atoms. The van der Waals surface area contributed by atoms with E-state index in [1.807, 2.05) is 18.3 Å². The molecular formula is C19H16BrFN2O. The monoisotopic (exact) mass is 386 g/mol. The Bertz CT molecular complexity index is 938. The molecule has 3 aromatic rings. The molecule has 2 aliphatic rings. The van der Waals surface area contributed by atoms with Crippen molar-refractivity contribution >= 4 is 32.5 Å². The molecule has 0 amide bonds. The van der Waals surface area contributed by atoms with Crippen molar-refractivity contribution in [3.63, 3.8) is 0 Å². The number of nitrogens with one attached hydrogen (secondary N) is 2. The van der Waals surface area contributed by atoms with E-state index in [0.29, 0.717) is 11.6 Å². The highest BCUT2D eigenvalue weighted by Crippen LogP contribution is 2.51. The maximum atomic E-state index is 14.4. The van der Waals surface area contributed by atoms with Crippen molar-refractivity contribution in [3.05, 3.63) is 64.0 Å². The fourth-order valence-corrected chi connectivity index (χ4v) is 4.50. The summed E-state index contributed by atoms with van der Waals surface area (Å²) >= 11 is 3.55. The second-order valence-corrected chi connectivity index (χ2v) is 7.42. The zero-order chi connectivity index (χ0) is 16.3. The van der Waals surface area contributed by atoms with E-state index in [1.165, 1.54) is 11.6 Å². The lowest BCUT2D eigenvalue weighted by atomic mass is 9.81. The molecule has 0 radical (unpaired) electrons. The number of benzene rings is 2. The molecule has 5 heteroatoms. The van der Waals surface area contributed by atoms with Crippen LogP contribution in [-0.2, 0) is 4.74 Å². The molecule has 2 aromatic carbocycles. The Kier molecular flexibility index (Phi) is 3.22. The third-order valence-corrected chi connectivity index (χ3v) is 5.72. The third kappa shape index (κ3) is 2.04. The summed E-state index contributed by atoms with van der Waals surface area (Å²) in [5, 5.41) is 4.62. The first-order chi connectivity index (χ1) is 11.7. The van der Waals surface area contributed by atoms with Gasteiger partial charge in [-0.25, -0.2) is 4.39 Å². The van der Waals surface area contributed by atoms with E-state index in [1.54, 1.807) is 6.07 Å². The third-order valence-electron chi connectivity index (χ3n) is 5.23. The predicted molar refractivity (Wildman–Crippen MR) is 95.6 cm³/mol. The van der Waals surface area contributed by atoms with Gasteiger partial charge in [0, 0.05) is 45.2 Å². The van der Waals surface area contributed by atoms with Gasteiger partial charge in [-0.3, -0.25) is 0 Å². The summed E-state index contributed by atoms with van der Waals surface area (Å²) in [5.74, 6) is 0.0877. The highest BCUT2D eigenvalue weighted by atomic mass is 79.9. The van der Waals surface area contributed by atoms with E-state index in [2.05, 4.69) is 38.4 Å². The van der Waals surface area contributed by atoms with Crippen LogP contribution in [0.5, 0.6) is 0 Å². The van der Waals surface area contributed by atoms with Crippen LogP contribution >= 0.6 is 15.9 Å². The maximum Gasteiger partial charge on any atom is 0.146 e. The summed E-state index contributed by atoms with van der Waals surface area (Å²) in [6.07, 6.45) is 2.97. The van der Waals surface area contributed by atoms with Gasteiger partial charge in [-0.05, 0) is 30.7 Å². The summed E-state index contributed by atoms with van der Waals surface area (Å²) in [7, 11) is 0. The van der Waals surface area contributed by atoms with Crippen molar-refractivity contribution in [1.82, 2.24) is 4.98 Å². The molecule has 1 aromatic heterocycles. The molecule has 3 heterocycles. The smallest absolute Gasteiger partial charge is 0.146 e. The molecule has 1 fully saturated rings. The van der Waals surface area contributed by atoms with Gasteiger partial charge in [0.1, 0.15) is 5.82 Å². The number of aromatic amines is 1. The van der Waals surface area contributed by atoms with Gasteiger partial charge in [-0.2, -0.15) is 0 Å². The van der Waals surface area contributed by atoms with Crippen LogP contribution in [0.1, 0.15) is 29.7 Å². The number of halogens is 2. The molecule has 0 bridgehead atoms. The van der Waals surface area contributed by atoms with E-state index < -0.39 is 0 Å². The molecule has 2 N–H and O–H groups in total. The molecule has 0 unspecified atom stereocenters. The largest absolute Gasteiger partial charge is 0.375 e. The van der Waals surface area contributed by atoms with Gasteiger partial charge < -0.3 is 15.0 Å². The molecule has 122 valence electrons. The Hall–Kier alpha value is -1.85. The first-order valence-electron chi connectivity index (χ1n) is 8.15. The number of para-hydroxylation sites is 1. The highest BCUT2D eigenvalue weighted by Gasteiger charge is 2.42. The molecule has 0 saturated carbocycles. The molecule has 2 aliphatic heterocycles. The minimum Gasteiger partial charge on any atom is -0.375 e. The van der Waals surface area contributed by atoms with Crippen LogP contribution in [-0.4, -0.2) is 11.6 Å². The van der Waals surface area contributed by atoms with Crippen LogP contribution in [0.2, 0.25) is 0 Å². The van der Waals surface area contributed by atoms with Gasteiger partial charge in [-0.1, -0.05) is 28.1 Å². The van der Waals surface area contributed by atoms with Crippen molar-refractivity contribution in [2.24, 2.45) is 5.92 Å². The molecule has 3 nitrogen and oxygen atoms in total. The van der Waals surface area contributed by atoms with E-state index in [4.69, 9.17) is 4.74 Å². The topological polar surface area (TPSA) is 37.0 Å². The van der Waals surface area contributed by atoms with Crippen LogP contribution in [0.25, 0.3) is 10.9 Å². The Morgan fingerprint density at radius 2 is 2.08 bits per heavy atom. The van der Waals surface area contributed by atoms with Crippen molar-refractivity contribution in [2.75, 3.05) is 11.9 Å². The average Bonchev–Trinajstić information content (AvgIpc) is 3.21. The molecule has 5 rings (SSSR count). The Morgan fingerprint density at radius 1 is 1.17 bits per heavy atom. The van der Waals surface area contributed by atoms with Gasteiger partial charge in [0.15, 0.2) is 0 Å². The number of hydrogen-bond acceptors (Lipinski definition) is 2. The molecular weight excluding hydrogens is 371 g/mol. The van der Waals surface area contributed by atoms with Gasteiger partial charge in [0.25, 0.3) is 0 Å². The average molecular weight is 387 g/mol. The lowest BCUT2D eigenvalue weighted by Gasteiger charge is -2.36. The normalized spacial score (nSPS) is 25.3. The Labute approximate surface area is 147 Å². The Morgan fingerprint density at radius 3 is 3.00 bits per heavy atom. The lowest BCUT2D eigenvalue weighted by molar-refractivity contribution is 0.0826. The number of aromatic nitrogens is 1. The second kappa shape index (κ2) is 5.33. The minimum absolute atomic E-state index is 0.0324. The quantitative estimate of drug-likeness (QED) is 0.594. The van der Waals surface area contributed by atoms with Crippen molar-refractivity contribution in [3.8, 4) is 0 Å². The number of H-pyrrole nitrogens is 1. The highest BCUT2D eigenvalue weighted by molar-refractivity contribution is 9.10. The first kappa shape index (κ1) is 14.5. The van der Waals surface area contributed by atoms with Gasteiger partial charge in [-0.15, -0.1) is 0 Å².